The van der Waals surface area contributed by atoms with Gasteiger partial charge in [-0.15, -0.1) is 0 Å². The summed E-state index contributed by atoms with van der Waals surface area (Å²) in [5, 5.41) is 0. The Kier molecular flexibility index (Phi) is 3.70. The van der Waals surface area contributed by atoms with Gasteiger partial charge in [0.2, 0.25) is 0 Å². The average Bonchev–Trinajstić information content (AvgIpc) is 1.44. The molecule has 0 aromatic rings. The lowest BCUT2D eigenvalue weighted by Gasteiger charge is -2.47. The van der Waals surface area contributed by atoms with E-state index >= 15 is 0 Å². The van der Waals surface area contributed by atoms with E-state index in [0.29, 0.717) is 0 Å². The molecule has 4 heteroatoms. The minimum atomic E-state index is -1.35. The molecule has 0 spiro atoms. The van der Waals surface area contributed by atoms with Crippen LogP contribution in [0, 0.1) is 6.55 Å². The Morgan fingerprint density at radius 2 is 0.923 bits per heavy atom. The predicted molar refractivity (Wildman–Crippen MR) is 71.4 cm³/mol. The second kappa shape index (κ2) is 3.57. The van der Waals surface area contributed by atoms with E-state index in [2.05, 4.69) is 62.8 Å². The first-order valence-corrected chi connectivity index (χ1v) is 15.1. The lowest BCUT2D eigenvalue weighted by atomic mass is 11.8. The third-order valence-electron chi connectivity index (χ3n) is 1.95. The van der Waals surface area contributed by atoms with Gasteiger partial charge in [-0.3, -0.25) is 0 Å². The second-order valence-corrected chi connectivity index (χ2v) is 21.5. The molecule has 0 bridgehead atoms. The summed E-state index contributed by atoms with van der Waals surface area (Å²) in [4.78, 5) is 0. The van der Waals surface area contributed by atoms with Crippen LogP contribution in [-0.4, -0.2) is 28.6 Å². The Morgan fingerprint density at radius 3 is 0.923 bits per heavy atom. The van der Waals surface area contributed by atoms with Crippen LogP contribution < -0.4 is 0 Å². The van der Waals surface area contributed by atoms with Gasteiger partial charge >= 0.3 is 8.24 Å². The third kappa shape index (κ3) is 4.01. The van der Waals surface area contributed by atoms with Gasteiger partial charge in [0.15, 0.2) is 0 Å². The molecule has 0 atom stereocenters. The van der Waals surface area contributed by atoms with Gasteiger partial charge in [-0.25, -0.2) is 0 Å². The molecule has 0 aromatic heterocycles. The van der Waals surface area contributed by atoms with E-state index in [1.165, 1.54) is 0 Å². The quantitative estimate of drug-likeness (QED) is 0.531. The van der Waals surface area contributed by atoms with E-state index in [1.54, 1.807) is 0 Å². The van der Waals surface area contributed by atoms with Crippen LogP contribution in [0.15, 0.2) is 0 Å². The van der Waals surface area contributed by atoms with E-state index in [9.17, 15) is 0 Å². The molecule has 0 unspecified atom stereocenters. The largest absolute Gasteiger partial charge is 0.330 e. The Bertz CT molecular complexity index is 137. The molecule has 0 radical (unpaired) electrons. The SMILES string of the molecule is [CH2+][Si](C)(C)N([Si](C)(C)C)[Si](C)(C)C. The highest BCUT2D eigenvalue weighted by atomic mass is 28.5. The fourth-order valence-electron chi connectivity index (χ4n) is 2.82. The Labute approximate surface area is 87.8 Å². The molecule has 0 rings (SSSR count). The molecule has 0 fully saturated rings. The molecule has 0 aliphatic carbocycles. The van der Waals surface area contributed by atoms with Gasteiger partial charge in [0, 0.05) is 6.55 Å². The summed E-state index contributed by atoms with van der Waals surface area (Å²) >= 11 is 0. The summed E-state index contributed by atoms with van der Waals surface area (Å²) in [7, 11) is -3.68. The topological polar surface area (TPSA) is 3.24 Å². The maximum absolute atomic E-state index is 4.44. The van der Waals surface area contributed by atoms with E-state index in [4.69, 9.17) is 0 Å². The standard InChI is InChI=1S/C9H26NSi3/c1-11(2,3)10(12(4,5)6)13(7,8)9/h1H2,2-9H3/q+1. The molecule has 0 saturated carbocycles. The van der Waals surface area contributed by atoms with Crippen molar-refractivity contribution < 1.29 is 0 Å². The summed E-state index contributed by atoms with van der Waals surface area (Å²) < 4.78 is 2.87. The van der Waals surface area contributed by atoms with Crippen molar-refractivity contribution in [3.05, 3.63) is 6.55 Å². The number of hydrogen-bond acceptors (Lipinski definition) is 1. The third-order valence-corrected chi connectivity index (χ3v) is 17.5. The van der Waals surface area contributed by atoms with Crippen molar-refractivity contribution in [2.75, 3.05) is 0 Å². The first-order valence-electron chi connectivity index (χ1n) is 5.02. The fourth-order valence-corrected chi connectivity index (χ4v) is 25.4. The summed E-state index contributed by atoms with van der Waals surface area (Å²) in [5.41, 5.74) is 0. The Balaban J connectivity index is 5.02. The van der Waals surface area contributed by atoms with Gasteiger partial charge in [-0.2, -0.15) is 0 Å². The number of rotatable bonds is 3. The molecule has 0 aromatic carbocycles. The van der Waals surface area contributed by atoms with Crippen LogP contribution in [0.3, 0.4) is 0 Å². The normalized spacial score (nSPS) is 15.2. The van der Waals surface area contributed by atoms with Crippen molar-refractivity contribution >= 4 is 24.7 Å². The maximum Gasteiger partial charge on any atom is 0.325 e. The molecule has 0 aliphatic heterocycles. The van der Waals surface area contributed by atoms with E-state index in [1.807, 2.05) is 0 Å². The van der Waals surface area contributed by atoms with Crippen molar-refractivity contribution in [1.29, 1.82) is 0 Å². The summed E-state index contributed by atoms with van der Waals surface area (Å²) in [6, 6.07) is 0. The maximum atomic E-state index is 4.44. The fraction of sp³-hybridized carbons (Fsp3) is 0.889. The monoisotopic (exact) mass is 232 g/mol. The summed E-state index contributed by atoms with van der Waals surface area (Å²) in [6.07, 6.45) is 0. The first kappa shape index (κ1) is 13.5. The zero-order chi connectivity index (χ0) is 11.1. The first-order chi connectivity index (χ1) is 5.37. The van der Waals surface area contributed by atoms with Crippen LogP contribution in [0.4, 0.5) is 0 Å². The van der Waals surface area contributed by atoms with Gasteiger partial charge in [0.05, 0.1) is 0 Å². The molecule has 0 heterocycles. The van der Waals surface area contributed by atoms with Gasteiger partial charge in [-0.05, 0) is 13.1 Å². The molecule has 78 valence electrons. The Hall–Kier alpha value is 0.481. The molecular weight excluding hydrogens is 206 g/mol. The van der Waals surface area contributed by atoms with Gasteiger partial charge < -0.3 is 3.90 Å². The van der Waals surface area contributed by atoms with Crippen LogP contribution in [0.2, 0.25) is 52.4 Å². The van der Waals surface area contributed by atoms with Crippen molar-refractivity contribution in [3.63, 3.8) is 0 Å². The van der Waals surface area contributed by atoms with E-state index < -0.39 is 24.7 Å². The highest BCUT2D eigenvalue weighted by molar-refractivity contribution is 7.04. The van der Waals surface area contributed by atoms with Crippen LogP contribution in [0.25, 0.3) is 0 Å². The molecular formula is C9H26NSi3+. The van der Waals surface area contributed by atoms with Crippen molar-refractivity contribution in [2.24, 2.45) is 0 Å². The average molecular weight is 233 g/mol. The lowest BCUT2D eigenvalue weighted by Crippen LogP contribution is -2.69. The van der Waals surface area contributed by atoms with Gasteiger partial charge in [0.1, 0.15) is 16.5 Å². The zero-order valence-electron chi connectivity index (χ0n) is 10.7. The van der Waals surface area contributed by atoms with Crippen LogP contribution in [0.5, 0.6) is 0 Å². The predicted octanol–water partition coefficient (Wildman–Crippen LogP) is 3.54. The van der Waals surface area contributed by atoms with Crippen LogP contribution >= 0.6 is 0 Å². The van der Waals surface area contributed by atoms with Crippen LogP contribution in [-0.2, 0) is 0 Å². The van der Waals surface area contributed by atoms with Crippen molar-refractivity contribution in [1.82, 2.24) is 3.90 Å². The molecule has 0 saturated heterocycles. The highest BCUT2D eigenvalue weighted by Crippen LogP contribution is 2.26. The lowest BCUT2D eigenvalue weighted by molar-refractivity contribution is 0.908. The highest BCUT2D eigenvalue weighted by Gasteiger charge is 2.47. The van der Waals surface area contributed by atoms with Gasteiger partial charge in [-0.1, -0.05) is 39.3 Å². The minimum absolute atomic E-state index is 1.16. The number of nitrogens with zero attached hydrogens (tertiary/aromatic N) is 1. The second-order valence-electron chi connectivity index (χ2n) is 6.49. The molecule has 0 aliphatic rings. The molecule has 13 heavy (non-hydrogen) atoms. The van der Waals surface area contributed by atoms with Crippen molar-refractivity contribution in [3.8, 4) is 0 Å². The van der Waals surface area contributed by atoms with Crippen molar-refractivity contribution in [2.45, 2.75) is 52.4 Å². The van der Waals surface area contributed by atoms with Crippen LogP contribution in [0.1, 0.15) is 0 Å². The summed E-state index contributed by atoms with van der Waals surface area (Å²) in [5.74, 6) is 0. The zero-order valence-corrected chi connectivity index (χ0v) is 13.7. The smallest absolute Gasteiger partial charge is 0.325 e. The molecule has 1 nitrogen and oxygen atoms in total. The molecule has 0 N–H and O–H groups in total. The van der Waals surface area contributed by atoms with E-state index in [-0.39, 0.29) is 0 Å². The molecule has 0 amide bonds. The minimum Gasteiger partial charge on any atom is -0.330 e. The number of hydrogen-bond donors (Lipinski definition) is 0. The Morgan fingerprint density at radius 1 is 0.692 bits per heavy atom. The summed E-state index contributed by atoms with van der Waals surface area (Å²) in [6.45, 7) is 23.9. The van der Waals surface area contributed by atoms with E-state index in [0.717, 1.165) is 0 Å². The van der Waals surface area contributed by atoms with Gasteiger partial charge in [0.25, 0.3) is 0 Å².